The molecule has 0 aliphatic carbocycles. The van der Waals surface area contributed by atoms with E-state index in [1.807, 2.05) is 13.0 Å². The molecule has 3 aromatic rings. The molecule has 2 aromatic carbocycles. The third-order valence-corrected chi connectivity index (χ3v) is 3.63. The molecular weight excluding hydrogens is 327 g/mol. The molecular formula is C18H13FN2O4. The number of aromatic nitrogens is 1. The van der Waals surface area contributed by atoms with Gasteiger partial charge in [-0.3, -0.25) is 15.1 Å². The quantitative estimate of drug-likeness (QED) is 0.310. The zero-order valence-corrected chi connectivity index (χ0v) is 13.4. The molecule has 0 saturated carbocycles. The van der Waals surface area contributed by atoms with Gasteiger partial charge in [0.15, 0.2) is 0 Å². The summed E-state index contributed by atoms with van der Waals surface area (Å²) in [6, 6.07) is 9.66. The largest absolute Gasteiger partial charge is 0.415 e. The van der Waals surface area contributed by atoms with Crippen LogP contribution in [0.2, 0.25) is 0 Å². The number of carbonyl (C=O) groups is 1. The van der Waals surface area contributed by atoms with Crippen molar-refractivity contribution in [2.45, 2.75) is 13.8 Å². The Kier molecular flexibility index (Phi) is 4.14. The summed E-state index contributed by atoms with van der Waals surface area (Å²) < 4.78 is 18.5. The second kappa shape index (κ2) is 6.27. The van der Waals surface area contributed by atoms with Crippen LogP contribution in [0, 0.1) is 29.8 Å². The predicted molar refractivity (Wildman–Crippen MR) is 89.2 cm³/mol. The van der Waals surface area contributed by atoms with E-state index in [0.29, 0.717) is 16.6 Å². The van der Waals surface area contributed by atoms with Crippen LogP contribution in [0.5, 0.6) is 5.75 Å². The van der Waals surface area contributed by atoms with Gasteiger partial charge in [0.2, 0.25) is 5.75 Å². The van der Waals surface area contributed by atoms with Crippen molar-refractivity contribution in [3.8, 4) is 5.75 Å². The smallest absolute Gasteiger partial charge is 0.344 e. The van der Waals surface area contributed by atoms with Crippen molar-refractivity contribution in [2.24, 2.45) is 0 Å². The van der Waals surface area contributed by atoms with Crippen LogP contribution in [0.15, 0.2) is 42.5 Å². The summed E-state index contributed by atoms with van der Waals surface area (Å²) in [5.41, 5.74) is 1.85. The summed E-state index contributed by atoms with van der Waals surface area (Å²) >= 11 is 0. The van der Waals surface area contributed by atoms with Crippen molar-refractivity contribution in [1.29, 1.82) is 0 Å². The molecule has 7 heteroatoms. The van der Waals surface area contributed by atoms with Gasteiger partial charge in [0.1, 0.15) is 5.82 Å². The second-order valence-electron chi connectivity index (χ2n) is 5.59. The van der Waals surface area contributed by atoms with E-state index in [2.05, 4.69) is 4.98 Å². The first-order valence-corrected chi connectivity index (χ1v) is 7.39. The Morgan fingerprint density at radius 1 is 1.16 bits per heavy atom. The van der Waals surface area contributed by atoms with Crippen LogP contribution in [-0.4, -0.2) is 15.9 Å². The molecule has 0 spiro atoms. The SMILES string of the molecule is Cc1ccc2nc(C)cc(C(=O)Oc3cc(F)ccc3[N+](=O)[O-])c2c1. The molecule has 1 aromatic heterocycles. The zero-order chi connectivity index (χ0) is 18.1. The number of nitro groups is 1. The zero-order valence-electron chi connectivity index (χ0n) is 13.4. The van der Waals surface area contributed by atoms with Crippen molar-refractivity contribution >= 4 is 22.6 Å². The number of halogens is 1. The van der Waals surface area contributed by atoms with E-state index in [1.54, 1.807) is 19.1 Å². The lowest BCUT2D eigenvalue weighted by Gasteiger charge is -2.09. The van der Waals surface area contributed by atoms with E-state index in [9.17, 15) is 19.3 Å². The summed E-state index contributed by atoms with van der Waals surface area (Å²) in [4.78, 5) is 27.2. The van der Waals surface area contributed by atoms with E-state index in [-0.39, 0.29) is 5.56 Å². The minimum Gasteiger partial charge on any atom is -0.415 e. The van der Waals surface area contributed by atoms with E-state index >= 15 is 0 Å². The van der Waals surface area contributed by atoms with Crippen LogP contribution < -0.4 is 4.74 Å². The summed E-state index contributed by atoms with van der Waals surface area (Å²) in [5.74, 6) is -1.99. The molecule has 0 radical (unpaired) electrons. The van der Waals surface area contributed by atoms with Gasteiger partial charge in [0.05, 0.1) is 16.0 Å². The van der Waals surface area contributed by atoms with Gasteiger partial charge in [-0.1, -0.05) is 11.6 Å². The number of ether oxygens (including phenoxy) is 1. The Labute approximate surface area is 142 Å². The van der Waals surface area contributed by atoms with Gasteiger partial charge in [-0.15, -0.1) is 0 Å². The van der Waals surface area contributed by atoms with Gasteiger partial charge in [-0.05, 0) is 38.1 Å². The molecule has 0 bridgehead atoms. The average Bonchev–Trinajstić information content (AvgIpc) is 2.54. The Bertz CT molecular complexity index is 1020. The number of pyridine rings is 1. The molecule has 0 aliphatic rings. The fourth-order valence-electron chi connectivity index (χ4n) is 2.52. The van der Waals surface area contributed by atoms with Crippen molar-refractivity contribution in [1.82, 2.24) is 4.98 Å². The molecule has 0 saturated heterocycles. The molecule has 1 heterocycles. The third-order valence-electron chi connectivity index (χ3n) is 3.63. The minimum atomic E-state index is -0.810. The molecule has 0 fully saturated rings. The highest BCUT2D eigenvalue weighted by molar-refractivity contribution is 6.04. The van der Waals surface area contributed by atoms with Crippen LogP contribution >= 0.6 is 0 Å². The molecule has 0 aliphatic heterocycles. The van der Waals surface area contributed by atoms with Crippen LogP contribution in [0.1, 0.15) is 21.6 Å². The minimum absolute atomic E-state index is 0.213. The predicted octanol–water partition coefficient (Wildman–Crippen LogP) is 4.12. The first-order chi connectivity index (χ1) is 11.8. The third kappa shape index (κ3) is 3.30. The Morgan fingerprint density at radius 2 is 1.92 bits per heavy atom. The summed E-state index contributed by atoms with van der Waals surface area (Å²) in [5, 5.41) is 11.6. The normalized spacial score (nSPS) is 10.7. The van der Waals surface area contributed by atoms with Gasteiger partial charge in [-0.25, -0.2) is 9.18 Å². The molecule has 0 amide bonds. The molecule has 0 unspecified atom stereocenters. The maximum Gasteiger partial charge on any atom is 0.344 e. The maximum atomic E-state index is 13.4. The Morgan fingerprint density at radius 3 is 2.64 bits per heavy atom. The molecule has 3 rings (SSSR count). The summed E-state index contributed by atoms with van der Waals surface area (Å²) in [6.07, 6.45) is 0. The monoisotopic (exact) mass is 340 g/mol. The number of benzene rings is 2. The number of hydrogen-bond donors (Lipinski definition) is 0. The van der Waals surface area contributed by atoms with E-state index in [4.69, 9.17) is 4.74 Å². The first kappa shape index (κ1) is 16.5. The van der Waals surface area contributed by atoms with Crippen molar-refractivity contribution in [3.63, 3.8) is 0 Å². The van der Waals surface area contributed by atoms with Crippen LogP contribution in [0.4, 0.5) is 10.1 Å². The molecule has 6 nitrogen and oxygen atoms in total. The number of nitro benzene ring substituents is 1. The average molecular weight is 340 g/mol. The number of esters is 1. The van der Waals surface area contributed by atoms with Crippen LogP contribution in [-0.2, 0) is 0 Å². The molecule has 0 atom stereocenters. The fourth-order valence-corrected chi connectivity index (χ4v) is 2.52. The number of fused-ring (bicyclic) bond motifs is 1. The highest BCUT2D eigenvalue weighted by Crippen LogP contribution is 2.29. The van der Waals surface area contributed by atoms with Crippen molar-refractivity contribution < 1.29 is 18.8 Å². The lowest BCUT2D eigenvalue weighted by atomic mass is 10.1. The number of rotatable bonds is 3. The highest BCUT2D eigenvalue weighted by atomic mass is 19.1. The standard InChI is InChI=1S/C18H13FN2O4/c1-10-3-5-15-13(7-10)14(8-11(2)20-15)18(22)25-17-9-12(19)4-6-16(17)21(23)24/h3-9H,1-2H3. The molecule has 25 heavy (non-hydrogen) atoms. The van der Waals surface area contributed by atoms with Crippen LogP contribution in [0.25, 0.3) is 10.9 Å². The van der Waals surface area contributed by atoms with Crippen molar-refractivity contribution in [3.05, 3.63) is 75.2 Å². The topological polar surface area (TPSA) is 82.3 Å². The van der Waals surface area contributed by atoms with Crippen LogP contribution in [0.3, 0.4) is 0 Å². The van der Waals surface area contributed by atoms with Gasteiger partial charge in [0, 0.05) is 23.2 Å². The number of nitrogens with zero attached hydrogens (tertiary/aromatic N) is 2. The number of aryl methyl sites for hydroxylation is 2. The second-order valence-corrected chi connectivity index (χ2v) is 5.59. The lowest BCUT2D eigenvalue weighted by Crippen LogP contribution is -2.11. The summed E-state index contributed by atoms with van der Waals surface area (Å²) in [7, 11) is 0. The maximum absolute atomic E-state index is 13.4. The number of hydrogen-bond acceptors (Lipinski definition) is 5. The van der Waals surface area contributed by atoms with Gasteiger partial charge < -0.3 is 4.74 Å². The highest BCUT2D eigenvalue weighted by Gasteiger charge is 2.21. The Hall–Kier alpha value is -3.35. The van der Waals surface area contributed by atoms with E-state index < -0.39 is 28.1 Å². The fraction of sp³-hybridized carbons (Fsp3) is 0.111. The van der Waals surface area contributed by atoms with E-state index in [1.165, 1.54) is 6.07 Å². The van der Waals surface area contributed by atoms with Gasteiger partial charge in [-0.2, -0.15) is 0 Å². The molecule has 0 N–H and O–H groups in total. The Balaban J connectivity index is 2.08. The number of carbonyl (C=O) groups excluding carboxylic acids is 1. The summed E-state index contributed by atoms with van der Waals surface area (Å²) in [6.45, 7) is 3.59. The van der Waals surface area contributed by atoms with Gasteiger partial charge in [0.25, 0.3) is 0 Å². The first-order valence-electron chi connectivity index (χ1n) is 7.39. The van der Waals surface area contributed by atoms with E-state index in [0.717, 1.165) is 23.8 Å². The van der Waals surface area contributed by atoms with Crippen molar-refractivity contribution in [2.75, 3.05) is 0 Å². The lowest BCUT2D eigenvalue weighted by molar-refractivity contribution is -0.385. The van der Waals surface area contributed by atoms with Gasteiger partial charge >= 0.3 is 11.7 Å². The molecule has 126 valence electrons.